The van der Waals surface area contributed by atoms with Crippen molar-refractivity contribution in [2.75, 3.05) is 0 Å². The predicted octanol–water partition coefficient (Wildman–Crippen LogP) is 17.6. The molecule has 9 rings (SSSR count). The molecular formula is C64H66. The zero-order valence-corrected chi connectivity index (χ0v) is 39.2. The molecule has 0 aromatic heterocycles. The van der Waals surface area contributed by atoms with Crippen LogP contribution in [-0.4, -0.2) is 0 Å². The molecule has 0 saturated carbocycles. The van der Waals surface area contributed by atoms with Crippen molar-refractivity contribution in [3.05, 3.63) is 231 Å². The van der Waals surface area contributed by atoms with Crippen molar-refractivity contribution in [3.63, 3.8) is 0 Å². The maximum absolute atomic E-state index is 3.50. The Morgan fingerprint density at radius 2 is 1.67 bits per heavy atom. The van der Waals surface area contributed by atoms with Crippen molar-refractivity contribution in [2.45, 2.75) is 111 Å². The summed E-state index contributed by atoms with van der Waals surface area (Å²) in [6.45, 7) is 14.0. The van der Waals surface area contributed by atoms with E-state index in [-0.39, 0.29) is 5.92 Å². The van der Waals surface area contributed by atoms with Gasteiger partial charge < -0.3 is 0 Å². The molecular weight excluding hydrogens is 769 g/mol. The van der Waals surface area contributed by atoms with Gasteiger partial charge in [-0.2, -0.15) is 0 Å². The number of benzene rings is 3. The topological polar surface area (TPSA) is 0 Å². The molecule has 0 fully saturated rings. The van der Waals surface area contributed by atoms with Crippen molar-refractivity contribution >= 4 is 16.7 Å². The molecule has 0 heterocycles. The Bertz CT molecular complexity index is 2700. The highest BCUT2D eigenvalue weighted by atomic mass is 14.4. The van der Waals surface area contributed by atoms with Gasteiger partial charge in [0, 0.05) is 17.4 Å². The lowest BCUT2D eigenvalue weighted by molar-refractivity contribution is 0.576. The van der Waals surface area contributed by atoms with Gasteiger partial charge >= 0.3 is 0 Å². The Labute approximate surface area is 385 Å². The van der Waals surface area contributed by atoms with Gasteiger partial charge in [-0.15, -0.1) is 0 Å². The van der Waals surface area contributed by atoms with Crippen LogP contribution in [0, 0.1) is 36.8 Å². The number of fused-ring (bicyclic) bond motifs is 5. The van der Waals surface area contributed by atoms with E-state index in [4.69, 9.17) is 0 Å². The molecule has 0 heteroatoms. The molecule has 4 aromatic carbocycles. The van der Waals surface area contributed by atoms with Gasteiger partial charge in [0.15, 0.2) is 0 Å². The lowest BCUT2D eigenvalue weighted by Crippen LogP contribution is -2.16. The molecule has 0 nitrogen and oxygen atoms in total. The molecule has 5 atom stereocenters. The van der Waals surface area contributed by atoms with E-state index in [1.807, 2.05) is 6.07 Å². The third-order valence-electron chi connectivity index (χ3n) is 15.1. The van der Waals surface area contributed by atoms with Crippen LogP contribution in [0.5, 0.6) is 0 Å². The minimum absolute atomic E-state index is 0.268. The average molecular weight is 835 g/mol. The standard InChI is InChI=1S/C64H66/c1-7-19-43(2)46(5)44(3)38-55(52-23-12-11-22-51(41-52)54-35-37-63-61-28-16-15-26-59(61)60-27-17-18-29-62(60)64(63)42-54)40-48-30-32-50(33-31-48)53-34-36-56(45(4)39-53)58-25-14-13-24-57(58)47(6)49-20-9-8-10-21-49/h8-11,13,15-16,18,20-22,24,26,29-30,32-39,41-43,47-48,52,61H,7,12,17,19,23,27-28,31,40H2,1-6H3. The summed E-state index contributed by atoms with van der Waals surface area (Å²) >= 11 is 0. The van der Waals surface area contributed by atoms with E-state index in [9.17, 15) is 0 Å². The maximum atomic E-state index is 3.50. The first-order valence-corrected chi connectivity index (χ1v) is 24.4. The molecule has 0 spiro atoms. The third-order valence-corrected chi connectivity index (χ3v) is 15.1. The molecule has 0 N–H and O–H groups in total. The number of hydrogen-bond donors (Lipinski definition) is 0. The molecule has 5 unspecified atom stereocenters. The van der Waals surface area contributed by atoms with Crippen molar-refractivity contribution in [2.24, 2.45) is 17.8 Å². The molecule has 0 bridgehead atoms. The summed E-state index contributed by atoms with van der Waals surface area (Å²) in [6, 6.07) is 36.2. The van der Waals surface area contributed by atoms with Crippen LogP contribution in [-0.2, 0) is 0 Å². The molecule has 4 aromatic rings. The van der Waals surface area contributed by atoms with E-state index in [0.29, 0.717) is 23.7 Å². The van der Waals surface area contributed by atoms with Crippen molar-refractivity contribution < 1.29 is 0 Å². The van der Waals surface area contributed by atoms with E-state index >= 15 is 0 Å². The smallest absolute Gasteiger partial charge is 0.0362 e. The van der Waals surface area contributed by atoms with Crippen LogP contribution in [0.4, 0.5) is 0 Å². The fourth-order valence-corrected chi connectivity index (χ4v) is 11.2. The van der Waals surface area contributed by atoms with Crippen LogP contribution in [0.3, 0.4) is 0 Å². The zero-order valence-electron chi connectivity index (χ0n) is 39.2. The number of aryl methyl sites for hydroxylation is 1. The Kier molecular flexibility index (Phi) is 13.2. The summed E-state index contributed by atoms with van der Waals surface area (Å²) < 4.78 is 0. The van der Waals surface area contributed by atoms with Gasteiger partial charge in [-0.1, -0.05) is 190 Å². The highest BCUT2D eigenvalue weighted by Gasteiger charge is 2.31. The molecule has 0 aliphatic heterocycles. The number of rotatable bonds is 12. The van der Waals surface area contributed by atoms with Crippen LogP contribution in [0.2, 0.25) is 0 Å². The van der Waals surface area contributed by atoms with E-state index in [1.165, 1.54) is 85.2 Å². The summed E-state index contributed by atoms with van der Waals surface area (Å²) in [4.78, 5) is 0. The van der Waals surface area contributed by atoms with Gasteiger partial charge in [0.1, 0.15) is 0 Å². The molecule has 0 radical (unpaired) electrons. The Hall–Kier alpha value is -5.90. The minimum atomic E-state index is 0.268. The van der Waals surface area contributed by atoms with Crippen LogP contribution in [0.15, 0.2) is 180 Å². The summed E-state index contributed by atoms with van der Waals surface area (Å²) in [7, 11) is 0. The lowest BCUT2D eigenvalue weighted by Gasteiger charge is -2.34. The Balaban J connectivity index is 0.985. The lowest BCUT2D eigenvalue weighted by atomic mass is 9.69. The van der Waals surface area contributed by atoms with Gasteiger partial charge in [0.2, 0.25) is 0 Å². The second-order valence-electron chi connectivity index (χ2n) is 19.3. The summed E-state index contributed by atoms with van der Waals surface area (Å²) in [5, 5.41) is 0. The third kappa shape index (κ3) is 9.06. The summed E-state index contributed by atoms with van der Waals surface area (Å²) in [5.41, 5.74) is 23.7. The van der Waals surface area contributed by atoms with Gasteiger partial charge in [-0.25, -0.2) is 0 Å². The second kappa shape index (κ2) is 19.5. The molecule has 0 amide bonds. The molecule has 322 valence electrons. The normalized spacial score (nSPS) is 21.6. The van der Waals surface area contributed by atoms with Gasteiger partial charge in [-0.3, -0.25) is 0 Å². The molecule has 0 saturated heterocycles. The van der Waals surface area contributed by atoms with Crippen LogP contribution < -0.4 is 0 Å². The van der Waals surface area contributed by atoms with E-state index in [0.717, 1.165) is 50.5 Å². The van der Waals surface area contributed by atoms with Gasteiger partial charge in [-0.05, 0) is 180 Å². The maximum Gasteiger partial charge on any atom is 0.0362 e. The largest absolute Gasteiger partial charge is 0.0839 e. The Morgan fingerprint density at radius 3 is 2.48 bits per heavy atom. The highest BCUT2D eigenvalue weighted by molar-refractivity contribution is 5.89. The zero-order chi connectivity index (χ0) is 44.2. The van der Waals surface area contributed by atoms with Crippen molar-refractivity contribution in [1.82, 2.24) is 0 Å². The Morgan fingerprint density at radius 1 is 0.844 bits per heavy atom. The SMILES string of the molecule is CCCC(C)C(C)=C(C)C=C(CC1C=CC(c2ccc(-c3c#cccc3C(C)c3ccccc3)c(C)c2)=CC1)C1C=C(c2ccc3c(c2)C2=C(CCC=C2)C2=CC=CCC23)C=CCC1. The molecule has 64 heavy (non-hydrogen) atoms. The van der Waals surface area contributed by atoms with Crippen LogP contribution in [0.1, 0.15) is 143 Å². The highest BCUT2D eigenvalue weighted by Crippen LogP contribution is 2.50. The summed E-state index contributed by atoms with van der Waals surface area (Å²) in [5.74, 6) is 2.17. The van der Waals surface area contributed by atoms with Crippen LogP contribution in [0.25, 0.3) is 27.8 Å². The molecule has 5 aliphatic carbocycles. The fourth-order valence-electron chi connectivity index (χ4n) is 11.2. The van der Waals surface area contributed by atoms with Crippen molar-refractivity contribution in [1.29, 1.82) is 0 Å². The van der Waals surface area contributed by atoms with E-state index < -0.39 is 0 Å². The van der Waals surface area contributed by atoms with E-state index in [1.54, 1.807) is 16.7 Å². The average Bonchev–Trinajstić information content (AvgIpc) is 3.60. The first-order chi connectivity index (χ1) is 31.3. The number of allylic oxidation sites excluding steroid dienone is 20. The van der Waals surface area contributed by atoms with E-state index in [2.05, 4.69) is 199 Å². The van der Waals surface area contributed by atoms with Crippen LogP contribution >= 0.6 is 0 Å². The van der Waals surface area contributed by atoms with Crippen molar-refractivity contribution in [3.8, 4) is 11.1 Å². The first-order valence-electron chi connectivity index (χ1n) is 24.4. The minimum Gasteiger partial charge on any atom is -0.0839 e. The predicted molar refractivity (Wildman–Crippen MR) is 275 cm³/mol. The van der Waals surface area contributed by atoms with Gasteiger partial charge in [0.05, 0.1) is 0 Å². The quantitative estimate of drug-likeness (QED) is 0.125. The fraction of sp³-hybridized carbons (Fsp3) is 0.312. The monoisotopic (exact) mass is 835 g/mol. The molecule has 5 aliphatic rings. The second-order valence-corrected chi connectivity index (χ2v) is 19.3. The number of hydrogen-bond acceptors (Lipinski definition) is 0. The first kappa shape index (κ1) is 43.4. The van der Waals surface area contributed by atoms with Gasteiger partial charge in [0.25, 0.3) is 0 Å². The summed E-state index contributed by atoms with van der Waals surface area (Å²) in [6.07, 6.45) is 39.5.